The summed E-state index contributed by atoms with van der Waals surface area (Å²) in [7, 11) is 3.97. The van der Waals surface area contributed by atoms with Crippen molar-refractivity contribution in [1.82, 2.24) is 0 Å². The minimum absolute atomic E-state index is 0.202. The molecule has 0 amide bonds. The third-order valence-electron chi connectivity index (χ3n) is 3.03. The lowest BCUT2D eigenvalue weighted by atomic mass is 10.1. The van der Waals surface area contributed by atoms with E-state index in [1.54, 1.807) is 6.07 Å². The van der Waals surface area contributed by atoms with Crippen molar-refractivity contribution in [2.24, 2.45) is 5.73 Å². The molecule has 0 fully saturated rings. The van der Waals surface area contributed by atoms with Crippen molar-refractivity contribution >= 4 is 11.4 Å². The van der Waals surface area contributed by atoms with Crippen molar-refractivity contribution in [2.75, 3.05) is 37.0 Å². The normalized spacial score (nSPS) is 20.4. The molecule has 15 heavy (non-hydrogen) atoms. The molecule has 82 valence electrons. The average molecular weight is 209 g/mol. The summed E-state index contributed by atoms with van der Waals surface area (Å²) in [6.07, 6.45) is 0. The number of hydrogen-bond donors (Lipinski definition) is 1. The lowest BCUT2D eigenvalue weighted by molar-refractivity contribution is 0.596. The van der Waals surface area contributed by atoms with Gasteiger partial charge in [0.25, 0.3) is 0 Å². The van der Waals surface area contributed by atoms with E-state index in [4.69, 9.17) is 5.73 Å². The lowest BCUT2D eigenvalue weighted by Gasteiger charge is -2.40. The van der Waals surface area contributed by atoms with Gasteiger partial charge in [-0.25, -0.2) is 4.39 Å². The Morgan fingerprint density at radius 3 is 2.80 bits per heavy atom. The molecule has 4 heteroatoms. The molecule has 1 aliphatic rings. The van der Waals surface area contributed by atoms with E-state index in [-0.39, 0.29) is 11.9 Å². The maximum atomic E-state index is 13.1. The molecule has 0 saturated heterocycles. The van der Waals surface area contributed by atoms with Crippen LogP contribution in [0.5, 0.6) is 0 Å². The number of benzene rings is 1. The van der Waals surface area contributed by atoms with Crippen molar-refractivity contribution in [3.63, 3.8) is 0 Å². The topological polar surface area (TPSA) is 32.5 Å². The van der Waals surface area contributed by atoms with Gasteiger partial charge < -0.3 is 15.5 Å². The van der Waals surface area contributed by atoms with Gasteiger partial charge >= 0.3 is 0 Å². The molecule has 1 aromatic rings. The number of rotatable bonds is 1. The van der Waals surface area contributed by atoms with Crippen LogP contribution in [0.1, 0.15) is 0 Å². The molecule has 3 nitrogen and oxygen atoms in total. The van der Waals surface area contributed by atoms with Crippen LogP contribution in [0.2, 0.25) is 0 Å². The number of halogens is 1. The molecule has 1 atom stereocenters. The lowest BCUT2D eigenvalue weighted by Crippen LogP contribution is -2.49. The molecule has 0 spiro atoms. The minimum Gasteiger partial charge on any atom is -0.371 e. The number of nitrogens with zero attached hydrogens (tertiary/aromatic N) is 2. The van der Waals surface area contributed by atoms with Gasteiger partial charge in [0.15, 0.2) is 0 Å². The molecule has 1 unspecified atom stereocenters. The maximum Gasteiger partial charge on any atom is 0.125 e. The zero-order valence-electron chi connectivity index (χ0n) is 9.07. The SMILES string of the molecule is CN1CC(CN)N(C)c2cc(F)ccc21. The second kappa shape index (κ2) is 3.70. The number of hydrogen-bond acceptors (Lipinski definition) is 3. The Kier molecular flexibility index (Phi) is 2.52. The van der Waals surface area contributed by atoms with Crippen LogP contribution in [0.15, 0.2) is 18.2 Å². The zero-order valence-corrected chi connectivity index (χ0v) is 9.07. The highest BCUT2D eigenvalue weighted by Crippen LogP contribution is 2.33. The summed E-state index contributed by atoms with van der Waals surface area (Å²) >= 11 is 0. The Morgan fingerprint density at radius 2 is 2.13 bits per heavy atom. The first-order chi connectivity index (χ1) is 7.13. The van der Waals surface area contributed by atoms with E-state index < -0.39 is 0 Å². The van der Waals surface area contributed by atoms with Gasteiger partial charge in [0, 0.05) is 27.2 Å². The quantitative estimate of drug-likeness (QED) is 0.750. The van der Waals surface area contributed by atoms with Gasteiger partial charge in [0.2, 0.25) is 0 Å². The summed E-state index contributed by atoms with van der Waals surface area (Å²) in [4.78, 5) is 4.17. The molecular formula is C11H16FN3. The van der Waals surface area contributed by atoms with Crippen LogP contribution in [0.3, 0.4) is 0 Å². The molecule has 0 bridgehead atoms. The first kappa shape index (κ1) is 10.2. The van der Waals surface area contributed by atoms with Crippen LogP contribution in [-0.2, 0) is 0 Å². The summed E-state index contributed by atoms with van der Waals surface area (Å²) < 4.78 is 13.1. The molecule has 1 heterocycles. The number of fused-ring (bicyclic) bond motifs is 1. The fourth-order valence-corrected chi connectivity index (χ4v) is 2.07. The van der Waals surface area contributed by atoms with Crippen molar-refractivity contribution < 1.29 is 4.39 Å². The van der Waals surface area contributed by atoms with Gasteiger partial charge in [0.1, 0.15) is 5.82 Å². The molecule has 1 aromatic carbocycles. The summed E-state index contributed by atoms with van der Waals surface area (Å²) in [6.45, 7) is 1.46. The summed E-state index contributed by atoms with van der Waals surface area (Å²) in [5.41, 5.74) is 7.66. The van der Waals surface area contributed by atoms with Crippen molar-refractivity contribution in [3.05, 3.63) is 24.0 Å². The highest BCUT2D eigenvalue weighted by Gasteiger charge is 2.25. The van der Waals surface area contributed by atoms with E-state index >= 15 is 0 Å². The summed E-state index contributed by atoms with van der Waals surface area (Å²) in [5.74, 6) is -0.202. The van der Waals surface area contributed by atoms with Gasteiger partial charge in [0.05, 0.1) is 17.4 Å². The zero-order chi connectivity index (χ0) is 11.0. The highest BCUT2D eigenvalue weighted by molar-refractivity contribution is 5.73. The second-order valence-electron chi connectivity index (χ2n) is 4.01. The first-order valence-electron chi connectivity index (χ1n) is 5.07. The van der Waals surface area contributed by atoms with Gasteiger partial charge in [-0.15, -0.1) is 0 Å². The van der Waals surface area contributed by atoms with Crippen LogP contribution < -0.4 is 15.5 Å². The van der Waals surface area contributed by atoms with Crippen LogP contribution >= 0.6 is 0 Å². The maximum absolute atomic E-state index is 13.1. The van der Waals surface area contributed by atoms with Crippen molar-refractivity contribution in [2.45, 2.75) is 6.04 Å². The molecule has 0 saturated carbocycles. The minimum atomic E-state index is -0.202. The van der Waals surface area contributed by atoms with Crippen molar-refractivity contribution in [1.29, 1.82) is 0 Å². The Labute approximate surface area is 89.3 Å². The van der Waals surface area contributed by atoms with Crippen LogP contribution in [-0.4, -0.2) is 33.2 Å². The molecule has 2 N–H and O–H groups in total. The van der Waals surface area contributed by atoms with E-state index in [9.17, 15) is 4.39 Å². The van der Waals surface area contributed by atoms with E-state index in [0.717, 1.165) is 17.9 Å². The first-order valence-corrected chi connectivity index (χ1v) is 5.07. The average Bonchev–Trinajstić information content (AvgIpc) is 2.23. The van der Waals surface area contributed by atoms with Crippen LogP contribution in [0, 0.1) is 5.82 Å². The fourth-order valence-electron chi connectivity index (χ4n) is 2.07. The number of anilines is 2. The Morgan fingerprint density at radius 1 is 1.40 bits per heavy atom. The highest BCUT2D eigenvalue weighted by atomic mass is 19.1. The molecule has 0 aliphatic carbocycles. The molecule has 0 radical (unpaired) electrons. The standard InChI is InChI=1S/C11H16FN3/c1-14-7-9(6-13)15(2)11-5-8(12)3-4-10(11)14/h3-5,9H,6-7,13H2,1-2H3. The molecule has 1 aliphatic heterocycles. The third kappa shape index (κ3) is 1.65. The van der Waals surface area contributed by atoms with Gasteiger partial charge in [-0.1, -0.05) is 0 Å². The third-order valence-corrected chi connectivity index (χ3v) is 3.03. The summed E-state index contributed by atoms with van der Waals surface area (Å²) in [6, 6.07) is 5.12. The Balaban J connectivity index is 2.45. The number of nitrogens with two attached hydrogens (primary N) is 1. The Hall–Kier alpha value is -1.29. The number of likely N-dealkylation sites (N-methyl/N-ethyl adjacent to an activating group) is 2. The van der Waals surface area contributed by atoms with E-state index in [1.807, 2.05) is 20.2 Å². The fraction of sp³-hybridized carbons (Fsp3) is 0.455. The van der Waals surface area contributed by atoms with Crippen LogP contribution in [0.4, 0.5) is 15.8 Å². The molecule has 2 rings (SSSR count). The van der Waals surface area contributed by atoms with Crippen LogP contribution in [0.25, 0.3) is 0 Å². The predicted molar refractivity (Wildman–Crippen MR) is 60.9 cm³/mol. The van der Waals surface area contributed by atoms with Gasteiger partial charge in [-0.2, -0.15) is 0 Å². The predicted octanol–water partition coefficient (Wildman–Crippen LogP) is 1.04. The Bertz CT molecular complexity index is 367. The van der Waals surface area contributed by atoms with Crippen molar-refractivity contribution in [3.8, 4) is 0 Å². The summed E-state index contributed by atoms with van der Waals surface area (Å²) in [5, 5.41) is 0. The molecule has 0 aromatic heterocycles. The van der Waals surface area contributed by atoms with E-state index in [1.165, 1.54) is 6.07 Å². The monoisotopic (exact) mass is 209 g/mol. The van der Waals surface area contributed by atoms with Gasteiger partial charge in [-0.3, -0.25) is 0 Å². The second-order valence-corrected chi connectivity index (χ2v) is 4.01. The van der Waals surface area contributed by atoms with E-state index in [0.29, 0.717) is 6.54 Å². The van der Waals surface area contributed by atoms with Gasteiger partial charge in [-0.05, 0) is 18.2 Å². The van der Waals surface area contributed by atoms with E-state index in [2.05, 4.69) is 9.80 Å². The smallest absolute Gasteiger partial charge is 0.125 e. The molecular weight excluding hydrogens is 193 g/mol. The largest absolute Gasteiger partial charge is 0.371 e.